The Morgan fingerprint density at radius 3 is 2.59 bits per heavy atom. The molecule has 1 aromatic carbocycles. The second-order valence-electron chi connectivity index (χ2n) is 3.47. The molecule has 1 rings (SSSR count). The first kappa shape index (κ1) is 13.1. The standard InChI is InChI=1S/C12H10F3NO/c1-8-5-6-9(3-2-4-11(16)17)7-10(8)12(13,14)15/h5-7H,4H2,1H3,(H2,16,17). The lowest BCUT2D eigenvalue weighted by Crippen LogP contribution is -2.08. The van der Waals surface area contributed by atoms with Crippen LogP contribution in [0.3, 0.4) is 0 Å². The third-order valence-electron chi connectivity index (χ3n) is 2.04. The molecule has 0 aliphatic rings. The number of rotatable bonds is 1. The van der Waals surface area contributed by atoms with Crippen LogP contribution in [-0.4, -0.2) is 5.91 Å². The summed E-state index contributed by atoms with van der Waals surface area (Å²) in [5.74, 6) is 4.26. The maximum atomic E-state index is 12.6. The zero-order valence-corrected chi connectivity index (χ0v) is 9.06. The van der Waals surface area contributed by atoms with E-state index in [1.54, 1.807) is 0 Å². The predicted molar refractivity (Wildman–Crippen MR) is 56.9 cm³/mol. The highest BCUT2D eigenvalue weighted by atomic mass is 19.4. The molecule has 0 aliphatic heterocycles. The number of aryl methyl sites for hydroxylation is 1. The Hall–Kier alpha value is -1.96. The van der Waals surface area contributed by atoms with E-state index in [4.69, 9.17) is 5.73 Å². The Labute approximate surface area is 96.6 Å². The summed E-state index contributed by atoms with van der Waals surface area (Å²) in [6.07, 6.45) is -4.57. The topological polar surface area (TPSA) is 43.1 Å². The van der Waals surface area contributed by atoms with Crippen LogP contribution in [0.2, 0.25) is 0 Å². The van der Waals surface area contributed by atoms with E-state index in [0.29, 0.717) is 0 Å². The molecule has 0 aliphatic carbocycles. The van der Waals surface area contributed by atoms with Gasteiger partial charge in [-0.1, -0.05) is 17.9 Å². The van der Waals surface area contributed by atoms with Crippen molar-refractivity contribution in [1.82, 2.24) is 0 Å². The van der Waals surface area contributed by atoms with Gasteiger partial charge in [0.1, 0.15) is 0 Å². The molecule has 17 heavy (non-hydrogen) atoms. The second-order valence-corrected chi connectivity index (χ2v) is 3.47. The van der Waals surface area contributed by atoms with Gasteiger partial charge in [-0.2, -0.15) is 13.2 Å². The Morgan fingerprint density at radius 2 is 2.06 bits per heavy atom. The van der Waals surface area contributed by atoms with E-state index in [1.165, 1.54) is 19.1 Å². The van der Waals surface area contributed by atoms with Crippen LogP contribution < -0.4 is 5.73 Å². The van der Waals surface area contributed by atoms with Crippen molar-refractivity contribution in [2.75, 3.05) is 0 Å². The van der Waals surface area contributed by atoms with Crippen LogP contribution >= 0.6 is 0 Å². The van der Waals surface area contributed by atoms with Crippen LogP contribution in [-0.2, 0) is 11.0 Å². The minimum atomic E-state index is -4.40. The summed E-state index contributed by atoms with van der Waals surface area (Å²) in [6.45, 7) is 1.38. The molecule has 0 fully saturated rings. The SMILES string of the molecule is Cc1ccc(C#CCC(N)=O)cc1C(F)(F)F. The van der Waals surface area contributed by atoms with Crippen molar-refractivity contribution >= 4 is 5.91 Å². The Bertz CT molecular complexity index is 495. The molecule has 0 heterocycles. The van der Waals surface area contributed by atoms with E-state index in [2.05, 4.69) is 11.8 Å². The minimum Gasteiger partial charge on any atom is -0.369 e. The van der Waals surface area contributed by atoms with Gasteiger partial charge in [-0.3, -0.25) is 4.79 Å². The average Bonchev–Trinajstić information content (AvgIpc) is 2.18. The van der Waals surface area contributed by atoms with Crippen molar-refractivity contribution in [3.8, 4) is 11.8 Å². The third kappa shape index (κ3) is 3.83. The number of hydrogen-bond acceptors (Lipinski definition) is 1. The Kier molecular flexibility index (Phi) is 3.79. The van der Waals surface area contributed by atoms with Gasteiger partial charge < -0.3 is 5.73 Å². The molecule has 0 bridgehead atoms. The Morgan fingerprint density at radius 1 is 1.41 bits per heavy atom. The highest BCUT2D eigenvalue weighted by molar-refractivity contribution is 5.76. The van der Waals surface area contributed by atoms with Crippen LogP contribution in [0.25, 0.3) is 0 Å². The van der Waals surface area contributed by atoms with Gasteiger partial charge in [0.15, 0.2) is 0 Å². The minimum absolute atomic E-state index is 0.137. The van der Waals surface area contributed by atoms with Gasteiger partial charge in [-0.15, -0.1) is 0 Å². The van der Waals surface area contributed by atoms with Crippen molar-refractivity contribution in [1.29, 1.82) is 0 Å². The summed E-state index contributed by atoms with van der Waals surface area (Å²) >= 11 is 0. The summed E-state index contributed by atoms with van der Waals surface area (Å²) in [5.41, 5.74) is 4.49. The van der Waals surface area contributed by atoms with Gasteiger partial charge in [0.05, 0.1) is 12.0 Å². The van der Waals surface area contributed by atoms with E-state index in [1.807, 2.05) is 0 Å². The number of carbonyl (C=O) groups excluding carboxylic acids is 1. The van der Waals surface area contributed by atoms with Crippen LogP contribution in [0.15, 0.2) is 18.2 Å². The Balaban J connectivity index is 3.04. The van der Waals surface area contributed by atoms with Crippen LogP contribution in [0.5, 0.6) is 0 Å². The van der Waals surface area contributed by atoms with Crippen molar-refractivity contribution in [3.05, 3.63) is 34.9 Å². The molecular weight excluding hydrogens is 231 g/mol. The number of carbonyl (C=O) groups is 1. The maximum absolute atomic E-state index is 12.6. The fourth-order valence-corrected chi connectivity index (χ4v) is 1.24. The smallest absolute Gasteiger partial charge is 0.369 e. The number of hydrogen-bond donors (Lipinski definition) is 1. The summed E-state index contributed by atoms with van der Waals surface area (Å²) in [6, 6.07) is 3.78. The van der Waals surface area contributed by atoms with E-state index in [9.17, 15) is 18.0 Å². The zero-order chi connectivity index (χ0) is 13.1. The molecular formula is C12H10F3NO. The number of primary amides is 1. The highest BCUT2D eigenvalue weighted by Crippen LogP contribution is 2.32. The highest BCUT2D eigenvalue weighted by Gasteiger charge is 2.32. The first-order valence-electron chi connectivity index (χ1n) is 4.75. The fraction of sp³-hybridized carbons (Fsp3) is 0.250. The third-order valence-corrected chi connectivity index (χ3v) is 2.04. The number of alkyl halides is 3. The molecule has 90 valence electrons. The fourth-order valence-electron chi connectivity index (χ4n) is 1.24. The van der Waals surface area contributed by atoms with Crippen molar-refractivity contribution in [3.63, 3.8) is 0 Å². The summed E-state index contributed by atoms with van der Waals surface area (Å²) in [4.78, 5) is 10.4. The molecule has 0 radical (unpaired) electrons. The van der Waals surface area contributed by atoms with Crippen LogP contribution in [0.4, 0.5) is 13.2 Å². The van der Waals surface area contributed by atoms with Crippen molar-refractivity contribution < 1.29 is 18.0 Å². The van der Waals surface area contributed by atoms with Crippen molar-refractivity contribution in [2.45, 2.75) is 19.5 Å². The monoisotopic (exact) mass is 241 g/mol. The zero-order valence-electron chi connectivity index (χ0n) is 9.06. The quantitative estimate of drug-likeness (QED) is 0.753. The lowest BCUT2D eigenvalue weighted by atomic mass is 10.0. The number of halogens is 3. The molecule has 2 nitrogen and oxygen atoms in total. The number of benzene rings is 1. The summed E-state index contributed by atoms with van der Waals surface area (Å²) in [5, 5.41) is 0. The van der Waals surface area contributed by atoms with Crippen LogP contribution in [0, 0.1) is 18.8 Å². The molecule has 0 spiro atoms. The lowest BCUT2D eigenvalue weighted by molar-refractivity contribution is -0.138. The van der Waals surface area contributed by atoms with Gasteiger partial charge in [-0.05, 0) is 24.6 Å². The first-order chi connectivity index (χ1) is 7.80. The summed E-state index contributed by atoms with van der Waals surface area (Å²) in [7, 11) is 0. The van der Waals surface area contributed by atoms with E-state index < -0.39 is 17.6 Å². The molecule has 2 N–H and O–H groups in total. The molecule has 0 saturated heterocycles. The first-order valence-corrected chi connectivity index (χ1v) is 4.75. The van der Waals surface area contributed by atoms with E-state index in [0.717, 1.165) is 6.07 Å². The maximum Gasteiger partial charge on any atom is 0.416 e. The van der Waals surface area contributed by atoms with Crippen molar-refractivity contribution in [2.24, 2.45) is 5.73 Å². The molecule has 0 atom stereocenters. The van der Waals surface area contributed by atoms with Gasteiger partial charge in [0.2, 0.25) is 5.91 Å². The number of amides is 1. The van der Waals surface area contributed by atoms with Gasteiger partial charge >= 0.3 is 6.18 Å². The van der Waals surface area contributed by atoms with E-state index in [-0.39, 0.29) is 17.5 Å². The second kappa shape index (κ2) is 4.91. The number of nitrogens with two attached hydrogens (primary N) is 1. The van der Waals surface area contributed by atoms with Gasteiger partial charge in [-0.25, -0.2) is 0 Å². The normalized spacial score (nSPS) is 10.6. The van der Waals surface area contributed by atoms with Gasteiger partial charge in [0, 0.05) is 5.56 Å². The van der Waals surface area contributed by atoms with E-state index >= 15 is 0 Å². The van der Waals surface area contributed by atoms with Gasteiger partial charge in [0.25, 0.3) is 0 Å². The summed E-state index contributed by atoms with van der Waals surface area (Å²) < 4.78 is 37.7. The molecule has 0 unspecified atom stereocenters. The predicted octanol–water partition coefficient (Wildman–Crippen LogP) is 2.24. The molecule has 5 heteroatoms. The molecule has 1 amide bonds. The molecule has 0 aromatic heterocycles. The average molecular weight is 241 g/mol. The van der Waals surface area contributed by atoms with Crippen LogP contribution in [0.1, 0.15) is 23.1 Å². The molecule has 1 aromatic rings. The molecule has 0 saturated carbocycles. The largest absolute Gasteiger partial charge is 0.416 e. The lowest BCUT2D eigenvalue weighted by Gasteiger charge is -2.09.